The van der Waals surface area contributed by atoms with Gasteiger partial charge in [-0.3, -0.25) is 4.98 Å². The van der Waals surface area contributed by atoms with Crippen molar-refractivity contribution in [2.75, 3.05) is 13.1 Å². The van der Waals surface area contributed by atoms with E-state index in [0.717, 1.165) is 5.56 Å². The van der Waals surface area contributed by atoms with E-state index < -0.39 is 8.07 Å². The zero-order valence-corrected chi connectivity index (χ0v) is 13.1. The van der Waals surface area contributed by atoms with Crippen LogP contribution in [-0.4, -0.2) is 26.1 Å². The van der Waals surface area contributed by atoms with E-state index in [0.29, 0.717) is 11.3 Å². The van der Waals surface area contributed by atoms with Gasteiger partial charge in [-0.2, -0.15) is 0 Å². The minimum atomic E-state index is -1.28. The summed E-state index contributed by atoms with van der Waals surface area (Å²) in [5, 5.41) is 3.38. The highest BCUT2D eigenvalue weighted by molar-refractivity contribution is 6.83. The lowest BCUT2D eigenvalue weighted by molar-refractivity contribution is 0.0347. The number of hydrogen-bond donors (Lipinski definition) is 1. The van der Waals surface area contributed by atoms with Gasteiger partial charge in [-0.1, -0.05) is 25.6 Å². The fraction of sp³-hybridized carbons (Fsp3) is 0.562. The Balaban J connectivity index is 1.64. The van der Waals surface area contributed by atoms with Crippen LogP contribution in [0.15, 0.2) is 18.3 Å². The highest BCUT2D eigenvalue weighted by atomic mass is 28.3. The molecule has 1 spiro atoms. The second-order valence-corrected chi connectivity index (χ2v) is 11.9. The van der Waals surface area contributed by atoms with Crippen molar-refractivity contribution in [1.82, 2.24) is 10.3 Å². The predicted octanol–water partition coefficient (Wildman–Crippen LogP) is 2.78. The monoisotopic (exact) mass is 270 g/mol. The first-order valence-corrected chi connectivity index (χ1v) is 10.7. The summed E-state index contributed by atoms with van der Waals surface area (Å²) in [6.07, 6.45) is 4.58. The summed E-state index contributed by atoms with van der Waals surface area (Å²) in [7, 11) is -1.28. The molecule has 0 bridgehead atoms. The lowest BCUT2D eigenvalue weighted by Crippen LogP contribution is -2.59. The Morgan fingerprint density at radius 1 is 1.26 bits per heavy atom. The van der Waals surface area contributed by atoms with Crippen LogP contribution in [0.25, 0.3) is 0 Å². The van der Waals surface area contributed by atoms with E-state index >= 15 is 0 Å². The third-order valence-corrected chi connectivity index (χ3v) is 5.02. The molecule has 2 fully saturated rings. The normalized spacial score (nSPS) is 21.2. The maximum atomic E-state index is 4.62. The van der Waals surface area contributed by atoms with Gasteiger partial charge in [0.25, 0.3) is 0 Å². The van der Waals surface area contributed by atoms with E-state index in [1.165, 1.54) is 31.6 Å². The SMILES string of the molecule is C[Si](C)(C)C#Cc1ccc(C2CC3(CNC3)C2)nc1. The average molecular weight is 270 g/mol. The number of nitrogens with zero attached hydrogens (tertiary/aromatic N) is 1. The number of pyridine rings is 1. The first kappa shape index (κ1) is 12.9. The largest absolute Gasteiger partial charge is 0.316 e. The van der Waals surface area contributed by atoms with Crippen molar-refractivity contribution in [3.63, 3.8) is 0 Å². The molecule has 3 rings (SSSR count). The van der Waals surface area contributed by atoms with Crippen LogP contribution >= 0.6 is 0 Å². The molecule has 1 N–H and O–H groups in total. The molecular formula is C16H22N2Si. The highest BCUT2D eigenvalue weighted by Crippen LogP contribution is 2.52. The molecular weight excluding hydrogens is 248 g/mol. The first-order chi connectivity index (χ1) is 8.96. The molecule has 0 aromatic carbocycles. The van der Waals surface area contributed by atoms with Crippen molar-refractivity contribution in [3.05, 3.63) is 29.6 Å². The van der Waals surface area contributed by atoms with Crippen molar-refractivity contribution in [2.24, 2.45) is 5.41 Å². The maximum Gasteiger partial charge on any atom is 0.129 e. The summed E-state index contributed by atoms with van der Waals surface area (Å²) < 4.78 is 0. The fourth-order valence-corrected chi connectivity index (χ4v) is 3.46. The lowest BCUT2D eigenvalue weighted by atomic mass is 9.58. The fourth-order valence-electron chi connectivity index (χ4n) is 2.94. The molecule has 1 aliphatic heterocycles. The van der Waals surface area contributed by atoms with Gasteiger partial charge in [0.15, 0.2) is 0 Å². The van der Waals surface area contributed by atoms with Gasteiger partial charge >= 0.3 is 0 Å². The summed E-state index contributed by atoms with van der Waals surface area (Å²) in [5.41, 5.74) is 6.34. The molecule has 2 nitrogen and oxygen atoms in total. The molecule has 2 aliphatic rings. The van der Waals surface area contributed by atoms with Crippen LogP contribution in [0.2, 0.25) is 19.6 Å². The molecule has 1 aliphatic carbocycles. The molecule has 100 valence electrons. The van der Waals surface area contributed by atoms with Crippen molar-refractivity contribution >= 4 is 8.07 Å². The number of nitrogens with one attached hydrogen (secondary N) is 1. The van der Waals surface area contributed by atoms with Crippen LogP contribution in [0.5, 0.6) is 0 Å². The Morgan fingerprint density at radius 3 is 2.47 bits per heavy atom. The number of rotatable bonds is 1. The molecule has 19 heavy (non-hydrogen) atoms. The van der Waals surface area contributed by atoms with Gasteiger partial charge in [-0.15, -0.1) is 5.54 Å². The first-order valence-electron chi connectivity index (χ1n) is 7.16. The summed E-state index contributed by atoms with van der Waals surface area (Å²) in [6.45, 7) is 9.22. The standard InChI is InChI=1S/C16H22N2Si/c1-19(2,3)7-6-13-4-5-15(18-10-13)14-8-16(9-14)11-17-12-16/h4-5,10,14,17H,8-9,11-12H2,1-3H3. The third-order valence-electron chi connectivity index (χ3n) is 4.15. The molecule has 0 amide bonds. The van der Waals surface area contributed by atoms with Crippen molar-refractivity contribution in [2.45, 2.75) is 38.4 Å². The van der Waals surface area contributed by atoms with Crippen LogP contribution in [0, 0.1) is 16.9 Å². The summed E-state index contributed by atoms with van der Waals surface area (Å²) in [5.74, 6) is 3.95. The van der Waals surface area contributed by atoms with E-state index in [9.17, 15) is 0 Å². The van der Waals surface area contributed by atoms with E-state index in [1.807, 2.05) is 6.20 Å². The molecule has 1 saturated heterocycles. The minimum absolute atomic E-state index is 0.628. The number of hydrogen-bond acceptors (Lipinski definition) is 2. The molecule has 1 aromatic rings. The maximum absolute atomic E-state index is 4.62. The van der Waals surface area contributed by atoms with Crippen molar-refractivity contribution in [1.29, 1.82) is 0 Å². The Bertz CT molecular complexity index is 519. The number of aromatic nitrogens is 1. The summed E-state index contributed by atoms with van der Waals surface area (Å²) in [6, 6.07) is 4.32. The lowest BCUT2D eigenvalue weighted by Gasteiger charge is -2.54. The van der Waals surface area contributed by atoms with E-state index in [-0.39, 0.29) is 0 Å². The van der Waals surface area contributed by atoms with Crippen LogP contribution in [0.4, 0.5) is 0 Å². The quantitative estimate of drug-likeness (QED) is 0.627. The van der Waals surface area contributed by atoms with Crippen LogP contribution in [0.1, 0.15) is 30.0 Å². The second-order valence-electron chi connectivity index (χ2n) is 7.18. The molecule has 0 radical (unpaired) electrons. The van der Waals surface area contributed by atoms with Crippen LogP contribution in [0.3, 0.4) is 0 Å². The van der Waals surface area contributed by atoms with Gasteiger partial charge in [0.1, 0.15) is 8.07 Å². The zero-order chi connectivity index (χ0) is 13.5. The highest BCUT2D eigenvalue weighted by Gasteiger charge is 2.49. The molecule has 0 unspecified atom stereocenters. The molecule has 1 saturated carbocycles. The van der Waals surface area contributed by atoms with E-state index in [4.69, 9.17) is 0 Å². The topological polar surface area (TPSA) is 24.9 Å². The Hall–Kier alpha value is -1.11. The molecule has 2 heterocycles. The molecule has 0 atom stereocenters. The van der Waals surface area contributed by atoms with Crippen LogP contribution < -0.4 is 5.32 Å². The van der Waals surface area contributed by atoms with Gasteiger partial charge in [0, 0.05) is 36.5 Å². The average Bonchev–Trinajstić information content (AvgIpc) is 2.23. The predicted molar refractivity (Wildman–Crippen MR) is 81.7 cm³/mol. The van der Waals surface area contributed by atoms with Gasteiger partial charge in [-0.25, -0.2) is 0 Å². The van der Waals surface area contributed by atoms with Gasteiger partial charge in [0.2, 0.25) is 0 Å². The van der Waals surface area contributed by atoms with Gasteiger partial charge < -0.3 is 5.32 Å². The second kappa shape index (κ2) is 4.47. The van der Waals surface area contributed by atoms with Crippen LogP contribution in [-0.2, 0) is 0 Å². The van der Waals surface area contributed by atoms with E-state index in [2.05, 4.69) is 53.5 Å². The van der Waals surface area contributed by atoms with Crippen molar-refractivity contribution < 1.29 is 0 Å². The zero-order valence-electron chi connectivity index (χ0n) is 12.1. The van der Waals surface area contributed by atoms with Gasteiger partial charge in [-0.05, 0) is 30.4 Å². The summed E-state index contributed by atoms with van der Waals surface area (Å²) in [4.78, 5) is 4.62. The Morgan fingerprint density at radius 2 is 2.00 bits per heavy atom. The van der Waals surface area contributed by atoms with E-state index in [1.54, 1.807) is 0 Å². The Kier molecular flexibility index (Phi) is 3.03. The summed E-state index contributed by atoms with van der Waals surface area (Å²) >= 11 is 0. The molecule has 3 heteroatoms. The van der Waals surface area contributed by atoms with Crippen molar-refractivity contribution in [3.8, 4) is 11.5 Å². The smallest absolute Gasteiger partial charge is 0.129 e. The van der Waals surface area contributed by atoms with Gasteiger partial charge in [0.05, 0.1) is 0 Å². The Labute approximate surface area is 117 Å². The minimum Gasteiger partial charge on any atom is -0.316 e. The third kappa shape index (κ3) is 2.75. The molecule has 1 aromatic heterocycles.